The Morgan fingerprint density at radius 1 is 1.31 bits per heavy atom. The zero-order chi connectivity index (χ0) is 11.8. The molecule has 0 bridgehead atoms. The fraction of sp³-hybridized carbons (Fsp3) is 0.154. The van der Waals surface area contributed by atoms with Crippen LogP contribution in [0.5, 0.6) is 0 Å². The summed E-state index contributed by atoms with van der Waals surface area (Å²) in [6.45, 7) is 2.10. The summed E-state index contributed by atoms with van der Waals surface area (Å²) < 4.78 is 4.63. The van der Waals surface area contributed by atoms with Gasteiger partial charge in [-0.3, -0.25) is 9.59 Å². The molecule has 1 unspecified atom stereocenters. The van der Waals surface area contributed by atoms with Crippen LogP contribution in [0.2, 0.25) is 0 Å². The minimum Gasteiger partial charge on any atom is -0.465 e. The van der Waals surface area contributed by atoms with E-state index in [2.05, 4.69) is 4.74 Å². The van der Waals surface area contributed by atoms with Gasteiger partial charge >= 0.3 is 0 Å². The van der Waals surface area contributed by atoms with E-state index < -0.39 is 0 Å². The summed E-state index contributed by atoms with van der Waals surface area (Å²) in [5.74, 6) is -0.0739. The van der Waals surface area contributed by atoms with E-state index in [-0.39, 0.29) is 11.9 Å². The van der Waals surface area contributed by atoms with E-state index in [1.165, 1.54) is 6.42 Å². The average molecular weight is 217 g/mol. The van der Waals surface area contributed by atoms with Gasteiger partial charge in [-0.05, 0) is 13.3 Å². The van der Waals surface area contributed by atoms with Gasteiger partial charge in [0.15, 0.2) is 5.78 Å². The molecule has 0 amide bonds. The molecule has 0 N–H and O–H groups in total. The summed E-state index contributed by atoms with van der Waals surface area (Å²) in [5, 5.41) is 0. The normalized spacial score (nSPS) is 11.8. The van der Waals surface area contributed by atoms with Crippen LogP contribution in [0.1, 0.15) is 17.3 Å². The molecule has 0 aliphatic heterocycles. The SMILES string of the molecule is CC([CH][CH][CH]C(=O)c1ccccc1)OC=O. The predicted molar refractivity (Wildman–Crippen MR) is 60.3 cm³/mol. The van der Waals surface area contributed by atoms with Crippen molar-refractivity contribution in [3.63, 3.8) is 0 Å². The molecule has 0 saturated heterocycles. The number of benzene rings is 1. The van der Waals surface area contributed by atoms with Gasteiger partial charge in [0, 0.05) is 18.4 Å². The van der Waals surface area contributed by atoms with Gasteiger partial charge in [-0.2, -0.15) is 0 Å². The molecule has 1 aromatic carbocycles. The van der Waals surface area contributed by atoms with Crippen molar-refractivity contribution in [3.05, 3.63) is 55.2 Å². The molecule has 3 heteroatoms. The van der Waals surface area contributed by atoms with Gasteiger partial charge < -0.3 is 4.74 Å². The van der Waals surface area contributed by atoms with E-state index in [1.807, 2.05) is 18.2 Å². The van der Waals surface area contributed by atoms with Crippen LogP contribution in [0.3, 0.4) is 0 Å². The lowest BCUT2D eigenvalue weighted by Gasteiger charge is -2.07. The summed E-state index contributed by atoms with van der Waals surface area (Å²) in [4.78, 5) is 21.6. The molecule has 83 valence electrons. The molecular weight excluding hydrogens is 204 g/mol. The van der Waals surface area contributed by atoms with Crippen molar-refractivity contribution in [3.8, 4) is 0 Å². The highest BCUT2D eigenvalue weighted by Gasteiger charge is 2.08. The quantitative estimate of drug-likeness (QED) is 0.518. The Hall–Kier alpha value is -1.64. The zero-order valence-corrected chi connectivity index (χ0v) is 9.00. The lowest BCUT2D eigenvalue weighted by Crippen LogP contribution is -2.09. The highest BCUT2D eigenvalue weighted by molar-refractivity contribution is 6.03. The molecule has 16 heavy (non-hydrogen) atoms. The molecule has 1 rings (SSSR count). The first-order valence-corrected chi connectivity index (χ1v) is 4.94. The van der Waals surface area contributed by atoms with E-state index in [0.29, 0.717) is 12.0 Å². The zero-order valence-electron chi connectivity index (χ0n) is 9.00. The fourth-order valence-corrected chi connectivity index (χ4v) is 1.13. The van der Waals surface area contributed by atoms with E-state index in [0.717, 1.165) is 0 Å². The van der Waals surface area contributed by atoms with Gasteiger partial charge in [0.05, 0.1) is 0 Å². The standard InChI is InChI=1S/C13H13O3/c1-11(16-10-14)6-5-9-13(15)12-7-3-2-4-8-12/h2-11H,1H3. The van der Waals surface area contributed by atoms with Crippen LogP contribution < -0.4 is 0 Å². The molecule has 0 spiro atoms. The maximum absolute atomic E-state index is 11.6. The molecular formula is C13H13O3. The lowest BCUT2D eigenvalue weighted by atomic mass is 10.0. The van der Waals surface area contributed by atoms with Crippen LogP contribution in [0.15, 0.2) is 30.3 Å². The Kier molecular flexibility index (Phi) is 5.26. The highest BCUT2D eigenvalue weighted by Crippen LogP contribution is 2.06. The monoisotopic (exact) mass is 217 g/mol. The van der Waals surface area contributed by atoms with Crippen molar-refractivity contribution < 1.29 is 14.3 Å². The smallest absolute Gasteiger partial charge is 0.293 e. The van der Waals surface area contributed by atoms with Gasteiger partial charge in [-0.1, -0.05) is 30.3 Å². The predicted octanol–water partition coefficient (Wildman–Crippen LogP) is 2.04. The van der Waals surface area contributed by atoms with Crippen molar-refractivity contribution in [2.45, 2.75) is 13.0 Å². The lowest BCUT2D eigenvalue weighted by molar-refractivity contribution is -0.131. The number of hydrogen-bond donors (Lipinski definition) is 0. The van der Waals surface area contributed by atoms with Gasteiger partial charge in [0.1, 0.15) is 6.10 Å². The fourth-order valence-electron chi connectivity index (χ4n) is 1.13. The first-order valence-electron chi connectivity index (χ1n) is 4.94. The topological polar surface area (TPSA) is 43.4 Å². The third-order valence-electron chi connectivity index (χ3n) is 1.96. The molecule has 0 aromatic heterocycles. The van der Waals surface area contributed by atoms with Crippen LogP contribution in [-0.2, 0) is 9.53 Å². The maximum atomic E-state index is 11.6. The maximum Gasteiger partial charge on any atom is 0.293 e. The molecule has 0 saturated carbocycles. The van der Waals surface area contributed by atoms with E-state index in [1.54, 1.807) is 31.9 Å². The molecule has 0 aliphatic carbocycles. The van der Waals surface area contributed by atoms with E-state index in [4.69, 9.17) is 0 Å². The summed E-state index contributed by atoms with van der Waals surface area (Å²) in [6.07, 6.45) is 4.34. The average Bonchev–Trinajstić information content (AvgIpc) is 2.30. The molecule has 1 atom stereocenters. The molecule has 3 nitrogen and oxygen atoms in total. The minimum atomic E-state index is -0.322. The van der Waals surface area contributed by atoms with E-state index >= 15 is 0 Å². The summed E-state index contributed by atoms with van der Waals surface area (Å²) in [6, 6.07) is 8.97. The summed E-state index contributed by atoms with van der Waals surface area (Å²) >= 11 is 0. The molecule has 3 radical (unpaired) electrons. The molecule has 0 fully saturated rings. The number of ketones is 1. The van der Waals surface area contributed by atoms with Crippen LogP contribution in [0, 0.1) is 19.3 Å². The van der Waals surface area contributed by atoms with E-state index in [9.17, 15) is 9.59 Å². The summed E-state index contributed by atoms with van der Waals surface area (Å²) in [5.41, 5.74) is 0.635. The Labute approximate surface area is 95.4 Å². The number of carbonyl (C=O) groups is 2. The first-order chi connectivity index (χ1) is 7.74. The summed E-state index contributed by atoms with van der Waals surface area (Å²) in [7, 11) is 0. The van der Waals surface area contributed by atoms with Crippen molar-refractivity contribution in [1.82, 2.24) is 0 Å². The minimum absolute atomic E-state index is 0.0739. The Morgan fingerprint density at radius 2 is 2.00 bits per heavy atom. The molecule has 0 heterocycles. The second kappa shape index (κ2) is 6.77. The van der Waals surface area contributed by atoms with Gasteiger partial charge in [0.25, 0.3) is 6.47 Å². The second-order valence-electron chi connectivity index (χ2n) is 3.22. The van der Waals surface area contributed by atoms with Gasteiger partial charge in [-0.15, -0.1) is 0 Å². The number of hydrogen-bond acceptors (Lipinski definition) is 3. The first kappa shape index (κ1) is 12.4. The molecule has 0 aliphatic rings. The van der Waals surface area contributed by atoms with Gasteiger partial charge in [0.2, 0.25) is 0 Å². The van der Waals surface area contributed by atoms with Crippen molar-refractivity contribution in [2.24, 2.45) is 0 Å². The van der Waals surface area contributed by atoms with Crippen LogP contribution >= 0.6 is 0 Å². The number of ether oxygens (including phenoxy) is 1. The van der Waals surface area contributed by atoms with Crippen LogP contribution in [0.25, 0.3) is 0 Å². The Morgan fingerprint density at radius 3 is 2.62 bits per heavy atom. The third kappa shape index (κ3) is 4.26. The van der Waals surface area contributed by atoms with Crippen molar-refractivity contribution in [2.75, 3.05) is 0 Å². The number of carbonyl (C=O) groups excluding carboxylic acids is 2. The highest BCUT2D eigenvalue weighted by atomic mass is 16.5. The Bertz CT molecular complexity index is 332. The molecule has 1 aromatic rings. The number of rotatable bonds is 7. The van der Waals surface area contributed by atoms with Crippen LogP contribution in [-0.4, -0.2) is 18.4 Å². The van der Waals surface area contributed by atoms with Gasteiger partial charge in [-0.25, -0.2) is 0 Å². The van der Waals surface area contributed by atoms with Crippen molar-refractivity contribution in [1.29, 1.82) is 0 Å². The number of Topliss-reactive ketones (excluding diaryl/α,β-unsaturated/α-hetero) is 1. The van der Waals surface area contributed by atoms with Crippen LogP contribution in [0.4, 0.5) is 0 Å². The largest absolute Gasteiger partial charge is 0.465 e. The van der Waals surface area contributed by atoms with Crippen molar-refractivity contribution >= 4 is 12.3 Å². The second-order valence-corrected chi connectivity index (χ2v) is 3.22. The Balaban J connectivity index is 2.28. The third-order valence-corrected chi connectivity index (χ3v) is 1.96.